The minimum absolute atomic E-state index is 0.0195. The molecule has 8 nitrogen and oxygen atoms in total. The Labute approximate surface area is 156 Å². The molecule has 8 heteroatoms. The fourth-order valence-corrected chi connectivity index (χ4v) is 2.18. The number of aromatic hydroxyl groups is 1. The number of benzene rings is 2. The summed E-state index contributed by atoms with van der Waals surface area (Å²) in [6, 6.07) is 9.21. The molecule has 0 radical (unpaired) electrons. The van der Waals surface area contributed by atoms with Gasteiger partial charge in [-0.15, -0.1) is 0 Å². The van der Waals surface area contributed by atoms with E-state index in [1.165, 1.54) is 12.3 Å². The van der Waals surface area contributed by atoms with Crippen LogP contribution in [0.25, 0.3) is 0 Å². The van der Waals surface area contributed by atoms with Crippen molar-refractivity contribution in [3.8, 4) is 11.5 Å². The zero-order valence-electron chi connectivity index (χ0n) is 15.3. The molecule has 0 atom stereocenters. The quantitative estimate of drug-likeness (QED) is 0.433. The molecule has 0 aliphatic rings. The van der Waals surface area contributed by atoms with Crippen molar-refractivity contribution in [2.45, 2.75) is 20.8 Å². The molecule has 0 saturated heterocycles. The highest BCUT2D eigenvalue weighted by Crippen LogP contribution is 2.34. The molecule has 0 fully saturated rings. The summed E-state index contributed by atoms with van der Waals surface area (Å²) in [7, 11) is 0. The lowest BCUT2D eigenvalue weighted by Crippen LogP contribution is -2.17. The zero-order chi connectivity index (χ0) is 20.0. The summed E-state index contributed by atoms with van der Waals surface area (Å²) in [5.74, 6) is -0.480. The highest BCUT2D eigenvalue weighted by Gasteiger charge is 2.16. The zero-order valence-corrected chi connectivity index (χ0v) is 15.3. The number of nitrogens with zero attached hydrogens (tertiary/aromatic N) is 2. The molecule has 0 bridgehead atoms. The van der Waals surface area contributed by atoms with Crippen LogP contribution >= 0.6 is 0 Å². The molecular formula is C19H21N3O5. The van der Waals surface area contributed by atoms with E-state index in [2.05, 4.69) is 10.3 Å². The van der Waals surface area contributed by atoms with Crippen LogP contribution in [0.1, 0.15) is 26.3 Å². The number of phenols is 1. The molecule has 0 aliphatic heterocycles. The second-order valence-electron chi connectivity index (χ2n) is 6.02. The summed E-state index contributed by atoms with van der Waals surface area (Å²) in [6.45, 7) is 5.54. The molecule has 0 spiro atoms. The Morgan fingerprint density at radius 2 is 2.11 bits per heavy atom. The van der Waals surface area contributed by atoms with Crippen molar-refractivity contribution in [2.75, 3.05) is 11.9 Å². The molecule has 0 unspecified atom stereocenters. The van der Waals surface area contributed by atoms with Crippen LogP contribution in [0, 0.1) is 16.0 Å². The Morgan fingerprint density at radius 1 is 1.37 bits per heavy atom. The van der Waals surface area contributed by atoms with Crippen molar-refractivity contribution in [3.05, 3.63) is 52.1 Å². The Morgan fingerprint density at radius 3 is 2.74 bits per heavy atom. The van der Waals surface area contributed by atoms with Gasteiger partial charge in [-0.05, 0) is 25.1 Å². The number of rotatable bonds is 7. The van der Waals surface area contributed by atoms with Crippen molar-refractivity contribution >= 4 is 29.2 Å². The first kappa shape index (κ1) is 19.9. The maximum atomic E-state index is 11.8. The first-order chi connectivity index (χ1) is 12.8. The Bertz CT molecular complexity index is 878. The van der Waals surface area contributed by atoms with Gasteiger partial charge >= 0.3 is 0 Å². The van der Waals surface area contributed by atoms with Crippen LogP contribution in [-0.2, 0) is 4.79 Å². The molecule has 0 aliphatic carbocycles. The summed E-state index contributed by atoms with van der Waals surface area (Å²) in [6.07, 6.45) is 1.31. The molecule has 2 rings (SSSR count). The second-order valence-corrected chi connectivity index (χ2v) is 6.02. The summed E-state index contributed by atoms with van der Waals surface area (Å²) < 4.78 is 5.24. The van der Waals surface area contributed by atoms with E-state index in [4.69, 9.17) is 4.74 Å². The number of anilines is 1. The lowest BCUT2D eigenvalue weighted by atomic mass is 10.1. The molecule has 1 amide bonds. The third-order valence-corrected chi connectivity index (χ3v) is 3.59. The number of phenolic OH excluding ortho intramolecular Hbond substituents is 1. The van der Waals surface area contributed by atoms with Gasteiger partial charge in [0.2, 0.25) is 5.91 Å². The van der Waals surface area contributed by atoms with Gasteiger partial charge in [-0.25, -0.2) is 0 Å². The first-order valence-corrected chi connectivity index (χ1v) is 8.41. The third-order valence-electron chi connectivity index (χ3n) is 3.59. The van der Waals surface area contributed by atoms with E-state index in [1.807, 2.05) is 0 Å². The topological polar surface area (TPSA) is 114 Å². The van der Waals surface area contributed by atoms with E-state index in [1.54, 1.807) is 45.0 Å². The van der Waals surface area contributed by atoms with Gasteiger partial charge in [-0.1, -0.05) is 19.9 Å². The summed E-state index contributed by atoms with van der Waals surface area (Å²) in [5, 5.41) is 24.1. The maximum absolute atomic E-state index is 11.8. The van der Waals surface area contributed by atoms with E-state index in [-0.39, 0.29) is 41.2 Å². The number of nitro benzene ring substituents is 1. The van der Waals surface area contributed by atoms with Crippen molar-refractivity contribution < 1.29 is 19.6 Å². The van der Waals surface area contributed by atoms with Crippen LogP contribution in [-0.4, -0.2) is 28.8 Å². The fraction of sp³-hybridized carbons (Fsp3) is 0.263. The maximum Gasteiger partial charge on any atom is 0.274 e. The standard InChI is InChI=1S/C19H21N3O5/c1-4-27-17-10-16(22(25)26)8-13(18(17)23)11-20-14-6-5-7-15(9-14)21-19(24)12(2)3/h5-12,23H,4H2,1-3H3,(H,21,24). The van der Waals surface area contributed by atoms with Crippen LogP contribution in [0.5, 0.6) is 11.5 Å². The number of aliphatic imine (C=N–C) groups is 1. The first-order valence-electron chi connectivity index (χ1n) is 8.41. The molecule has 2 aromatic rings. The molecule has 142 valence electrons. The van der Waals surface area contributed by atoms with Crippen LogP contribution in [0.2, 0.25) is 0 Å². The molecule has 2 N–H and O–H groups in total. The number of hydrogen-bond acceptors (Lipinski definition) is 6. The number of carbonyl (C=O) groups excluding carboxylic acids is 1. The summed E-state index contributed by atoms with van der Waals surface area (Å²) in [4.78, 5) is 26.5. The predicted molar refractivity (Wildman–Crippen MR) is 103 cm³/mol. The number of non-ortho nitro benzene ring substituents is 1. The summed E-state index contributed by atoms with van der Waals surface area (Å²) in [5.41, 5.74) is 1.04. The molecular weight excluding hydrogens is 350 g/mol. The van der Waals surface area contributed by atoms with Crippen molar-refractivity contribution in [1.82, 2.24) is 0 Å². The molecule has 0 saturated carbocycles. The third kappa shape index (κ3) is 5.27. The lowest BCUT2D eigenvalue weighted by Gasteiger charge is -2.09. The van der Waals surface area contributed by atoms with Crippen molar-refractivity contribution in [3.63, 3.8) is 0 Å². The van der Waals surface area contributed by atoms with Crippen LogP contribution in [0.4, 0.5) is 17.1 Å². The number of nitro groups is 1. The normalized spacial score (nSPS) is 11.0. The number of hydrogen-bond donors (Lipinski definition) is 2. The van der Waals surface area contributed by atoms with E-state index in [0.29, 0.717) is 11.4 Å². The molecule has 27 heavy (non-hydrogen) atoms. The highest BCUT2D eigenvalue weighted by atomic mass is 16.6. The van der Waals surface area contributed by atoms with Crippen LogP contribution in [0.3, 0.4) is 0 Å². The van der Waals surface area contributed by atoms with Gasteiger partial charge in [0, 0.05) is 29.4 Å². The Hall–Kier alpha value is -3.42. The summed E-state index contributed by atoms with van der Waals surface area (Å²) >= 11 is 0. The van der Waals surface area contributed by atoms with E-state index >= 15 is 0 Å². The van der Waals surface area contributed by atoms with Crippen molar-refractivity contribution in [2.24, 2.45) is 10.9 Å². The van der Waals surface area contributed by atoms with E-state index in [9.17, 15) is 20.0 Å². The van der Waals surface area contributed by atoms with Gasteiger partial charge in [0.25, 0.3) is 5.69 Å². The minimum atomic E-state index is -0.568. The minimum Gasteiger partial charge on any atom is -0.504 e. The van der Waals surface area contributed by atoms with Gasteiger partial charge in [0.1, 0.15) is 0 Å². The number of nitrogens with one attached hydrogen (secondary N) is 1. The number of ether oxygens (including phenoxy) is 1. The molecule has 0 heterocycles. The number of amides is 1. The Kier molecular flexibility index (Phi) is 6.48. The number of carbonyl (C=O) groups is 1. The smallest absolute Gasteiger partial charge is 0.274 e. The van der Waals surface area contributed by atoms with Crippen molar-refractivity contribution in [1.29, 1.82) is 0 Å². The van der Waals surface area contributed by atoms with Crippen LogP contribution < -0.4 is 10.1 Å². The van der Waals surface area contributed by atoms with Gasteiger partial charge in [-0.3, -0.25) is 19.9 Å². The van der Waals surface area contributed by atoms with Gasteiger partial charge in [0.15, 0.2) is 11.5 Å². The van der Waals surface area contributed by atoms with E-state index in [0.717, 1.165) is 6.07 Å². The molecule has 2 aromatic carbocycles. The van der Waals surface area contributed by atoms with Crippen LogP contribution in [0.15, 0.2) is 41.4 Å². The lowest BCUT2D eigenvalue weighted by molar-refractivity contribution is -0.385. The SMILES string of the molecule is CCOc1cc([N+](=O)[O-])cc(C=Nc2cccc(NC(=O)C(C)C)c2)c1O. The molecule has 0 aromatic heterocycles. The van der Waals surface area contributed by atoms with Gasteiger partial charge in [0.05, 0.1) is 23.3 Å². The second kappa shape index (κ2) is 8.79. The fourth-order valence-electron chi connectivity index (χ4n) is 2.18. The average Bonchev–Trinajstić information content (AvgIpc) is 2.62. The monoisotopic (exact) mass is 371 g/mol. The largest absolute Gasteiger partial charge is 0.504 e. The van der Waals surface area contributed by atoms with Gasteiger partial charge < -0.3 is 15.2 Å². The van der Waals surface area contributed by atoms with E-state index < -0.39 is 4.92 Å². The Balaban J connectivity index is 2.32. The average molecular weight is 371 g/mol. The highest BCUT2D eigenvalue weighted by molar-refractivity contribution is 5.93. The predicted octanol–water partition coefficient (Wildman–Crippen LogP) is 4.04. The van der Waals surface area contributed by atoms with Gasteiger partial charge in [-0.2, -0.15) is 0 Å².